The van der Waals surface area contributed by atoms with Gasteiger partial charge in [0.2, 0.25) is 0 Å². The van der Waals surface area contributed by atoms with Crippen LogP contribution in [0.15, 0.2) is 6.07 Å². The van der Waals surface area contributed by atoms with E-state index >= 15 is 0 Å². The van der Waals surface area contributed by atoms with Gasteiger partial charge in [0.25, 0.3) is 5.91 Å². The second kappa shape index (κ2) is 4.72. The number of carboxylic acid groups (broad SMARTS) is 1. The second-order valence-corrected chi connectivity index (χ2v) is 6.22. The number of pyridine rings is 1. The van der Waals surface area contributed by atoms with Crippen LogP contribution < -0.4 is 10.6 Å². The van der Waals surface area contributed by atoms with E-state index in [1.807, 2.05) is 11.0 Å². The molecule has 1 fully saturated rings. The average Bonchev–Trinajstić information content (AvgIpc) is 3.03. The third kappa shape index (κ3) is 2.24. The maximum Gasteiger partial charge on any atom is 0.311 e. The summed E-state index contributed by atoms with van der Waals surface area (Å²) in [5.41, 5.74) is 7.20. The smallest absolute Gasteiger partial charge is 0.311 e. The molecule has 112 valence electrons. The molecule has 1 saturated heterocycles. The number of fused-ring (bicyclic) bond motifs is 1. The van der Waals surface area contributed by atoms with Crippen LogP contribution in [-0.2, 0) is 17.6 Å². The molecule has 2 heterocycles. The summed E-state index contributed by atoms with van der Waals surface area (Å²) >= 11 is 0. The molecule has 3 N–H and O–H groups in total. The highest BCUT2D eigenvalue weighted by atomic mass is 16.4. The fraction of sp³-hybridized carbons (Fsp3) is 0.533. The van der Waals surface area contributed by atoms with Gasteiger partial charge in [-0.2, -0.15) is 0 Å². The Hall–Kier alpha value is -2.11. The second-order valence-electron chi connectivity index (χ2n) is 6.22. The number of aromatic nitrogens is 1. The van der Waals surface area contributed by atoms with Crippen LogP contribution >= 0.6 is 0 Å². The predicted octanol–water partition coefficient (Wildman–Crippen LogP) is 0.970. The molecular weight excluding hydrogens is 270 g/mol. The zero-order valence-corrected chi connectivity index (χ0v) is 12.1. The van der Waals surface area contributed by atoms with Crippen LogP contribution in [0, 0.1) is 5.41 Å². The zero-order valence-electron chi connectivity index (χ0n) is 12.1. The zero-order chi connectivity index (χ0) is 15.2. The third-order valence-corrected chi connectivity index (χ3v) is 4.59. The number of hydrogen-bond donors (Lipinski definition) is 2. The summed E-state index contributed by atoms with van der Waals surface area (Å²) in [6.45, 7) is 2.66. The highest BCUT2D eigenvalue weighted by Gasteiger charge is 2.42. The number of rotatable bonds is 3. The number of carbonyl (C=O) groups excluding carboxylic acids is 1. The Morgan fingerprint density at radius 3 is 2.81 bits per heavy atom. The van der Waals surface area contributed by atoms with Crippen molar-refractivity contribution in [2.24, 2.45) is 11.1 Å². The summed E-state index contributed by atoms with van der Waals surface area (Å²) in [6.07, 6.45) is 3.41. The van der Waals surface area contributed by atoms with Gasteiger partial charge < -0.3 is 15.7 Å². The lowest BCUT2D eigenvalue weighted by Gasteiger charge is -2.23. The van der Waals surface area contributed by atoms with Crippen molar-refractivity contribution in [3.8, 4) is 0 Å². The van der Waals surface area contributed by atoms with Gasteiger partial charge in [-0.3, -0.25) is 9.59 Å². The maximum absolute atomic E-state index is 11.7. The molecule has 0 saturated carbocycles. The Kier molecular flexibility index (Phi) is 3.11. The van der Waals surface area contributed by atoms with Crippen molar-refractivity contribution >= 4 is 17.7 Å². The first-order chi connectivity index (χ1) is 9.90. The molecule has 21 heavy (non-hydrogen) atoms. The molecule has 0 radical (unpaired) electrons. The van der Waals surface area contributed by atoms with Crippen molar-refractivity contribution in [1.29, 1.82) is 0 Å². The monoisotopic (exact) mass is 289 g/mol. The van der Waals surface area contributed by atoms with Crippen LogP contribution in [0.1, 0.15) is 41.4 Å². The first-order valence-electron chi connectivity index (χ1n) is 7.22. The number of hydrogen-bond acceptors (Lipinski definition) is 4. The molecule has 2 aliphatic rings. The predicted molar refractivity (Wildman–Crippen MR) is 77.4 cm³/mol. The van der Waals surface area contributed by atoms with E-state index in [9.17, 15) is 14.7 Å². The van der Waals surface area contributed by atoms with Crippen molar-refractivity contribution in [2.75, 3.05) is 18.0 Å². The standard InChI is InChI=1S/C15H19N3O3/c1-15(14(20)21)5-6-18(8-15)13-10(12(16)19)7-9-3-2-4-11(9)17-13/h7H,2-6,8H2,1H3,(H2,16,19)(H,20,21). The number of carboxylic acids is 1. The van der Waals surface area contributed by atoms with Gasteiger partial charge in [0.1, 0.15) is 5.82 Å². The molecule has 0 spiro atoms. The average molecular weight is 289 g/mol. The maximum atomic E-state index is 11.7. The lowest BCUT2D eigenvalue weighted by atomic mass is 9.90. The normalized spacial score (nSPS) is 24.1. The van der Waals surface area contributed by atoms with Crippen LogP contribution in [-0.4, -0.2) is 35.1 Å². The molecule has 1 aliphatic carbocycles. The Balaban J connectivity index is 1.99. The van der Waals surface area contributed by atoms with E-state index in [0.717, 1.165) is 30.5 Å². The summed E-state index contributed by atoms with van der Waals surface area (Å²) in [4.78, 5) is 29.6. The van der Waals surface area contributed by atoms with Crippen LogP contribution in [0.5, 0.6) is 0 Å². The Morgan fingerprint density at radius 2 is 2.19 bits per heavy atom. The highest BCUT2D eigenvalue weighted by Crippen LogP contribution is 2.35. The molecule has 1 aromatic rings. The van der Waals surface area contributed by atoms with Gasteiger partial charge in [-0.25, -0.2) is 4.98 Å². The lowest BCUT2D eigenvalue weighted by molar-refractivity contribution is -0.146. The van der Waals surface area contributed by atoms with Crippen LogP contribution in [0.3, 0.4) is 0 Å². The van der Waals surface area contributed by atoms with Crippen molar-refractivity contribution in [1.82, 2.24) is 4.98 Å². The molecule has 1 atom stereocenters. The summed E-state index contributed by atoms with van der Waals surface area (Å²) in [7, 11) is 0. The van der Waals surface area contributed by atoms with E-state index in [2.05, 4.69) is 4.98 Å². The van der Waals surface area contributed by atoms with Gasteiger partial charge in [-0.05, 0) is 44.2 Å². The quantitative estimate of drug-likeness (QED) is 0.864. The van der Waals surface area contributed by atoms with Crippen LogP contribution in [0.25, 0.3) is 0 Å². The molecular formula is C15H19N3O3. The molecule has 3 rings (SSSR count). The molecule has 1 aromatic heterocycles. The summed E-state index contributed by atoms with van der Waals surface area (Å²) < 4.78 is 0. The van der Waals surface area contributed by atoms with E-state index in [4.69, 9.17) is 5.73 Å². The summed E-state index contributed by atoms with van der Waals surface area (Å²) in [5, 5.41) is 9.33. The van der Waals surface area contributed by atoms with Gasteiger partial charge in [-0.1, -0.05) is 0 Å². The first-order valence-corrected chi connectivity index (χ1v) is 7.22. The largest absolute Gasteiger partial charge is 0.481 e. The molecule has 1 unspecified atom stereocenters. The van der Waals surface area contributed by atoms with E-state index in [-0.39, 0.29) is 0 Å². The van der Waals surface area contributed by atoms with E-state index in [0.29, 0.717) is 30.9 Å². The third-order valence-electron chi connectivity index (χ3n) is 4.59. The van der Waals surface area contributed by atoms with Gasteiger partial charge in [-0.15, -0.1) is 0 Å². The number of aryl methyl sites for hydroxylation is 2. The van der Waals surface area contributed by atoms with E-state index in [1.54, 1.807) is 6.92 Å². The lowest BCUT2D eigenvalue weighted by Crippen LogP contribution is -2.33. The van der Waals surface area contributed by atoms with Crippen LogP contribution in [0.4, 0.5) is 5.82 Å². The van der Waals surface area contributed by atoms with Crippen LogP contribution in [0.2, 0.25) is 0 Å². The van der Waals surface area contributed by atoms with E-state index < -0.39 is 17.3 Å². The van der Waals surface area contributed by atoms with Gasteiger partial charge in [0, 0.05) is 18.8 Å². The Morgan fingerprint density at radius 1 is 1.43 bits per heavy atom. The fourth-order valence-corrected chi connectivity index (χ4v) is 3.20. The number of anilines is 1. The number of carbonyl (C=O) groups is 2. The van der Waals surface area contributed by atoms with Crippen molar-refractivity contribution in [2.45, 2.75) is 32.6 Å². The molecule has 6 heteroatoms. The topological polar surface area (TPSA) is 96.5 Å². The SMILES string of the molecule is CC1(C(=O)O)CCN(c2nc3c(cc2C(N)=O)CCC3)C1. The molecule has 6 nitrogen and oxygen atoms in total. The Bertz CT molecular complexity index is 629. The minimum atomic E-state index is -0.813. The fourth-order valence-electron chi connectivity index (χ4n) is 3.20. The van der Waals surface area contributed by atoms with Crippen molar-refractivity contribution in [3.05, 3.63) is 22.9 Å². The van der Waals surface area contributed by atoms with Gasteiger partial charge >= 0.3 is 5.97 Å². The van der Waals surface area contributed by atoms with E-state index in [1.165, 1.54) is 0 Å². The number of nitrogens with two attached hydrogens (primary N) is 1. The van der Waals surface area contributed by atoms with Gasteiger partial charge in [0.05, 0.1) is 11.0 Å². The number of amides is 1. The Labute approximate surface area is 123 Å². The summed E-state index contributed by atoms with van der Waals surface area (Å²) in [5.74, 6) is -0.768. The first kappa shape index (κ1) is 13.9. The molecule has 0 aromatic carbocycles. The number of nitrogens with zero attached hydrogens (tertiary/aromatic N) is 2. The molecule has 1 aliphatic heterocycles. The van der Waals surface area contributed by atoms with Gasteiger partial charge in [0.15, 0.2) is 0 Å². The minimum absolute atomic E-state index is 0.356. The summed E-state index contributed by atoms with van der Waals surface area (Å²) in [6, 6.07) is 1.84. The molecule has 1 amide bonds. The van der Waals surface area contributed by atoms with Crippen molar-refractivity contribution in [3.63, 3.8) is 0 Å². The highest BCUT2D eigenvalue weighted by molar-refractivity contribution is 5.98. The molecule has 0 bridgehead atoms. The number of primary amides is 1. The minimum Gasteiger partial charge on any atom is -0.481 e. The number of aliphatic carboxylic acids is 1. The van der Waals surface area contributed by atoms with Crippen molar-refractivity contribution < 1.29 is 14.7 Å².